The number of benzene rings is 4. The maximum Gasteiger partial charge on any atom is 0.410 e. The fourth-order valence-corrected chi connectivity index (χ4v) is 8.87. The molecule has 1 aliphatic rings. The quantitative estimate of drug-likeness (QED) is 0.169. The Morgan fingerprint density at radius 1 is 0.704 bits per heavy atom. The summed E-state index contributed by atoms with van der Waals surface area (Å²) >= 11 is 0. The lowest BCUT2D eigenvalue weighted by Crippen LogP contribution is -2.57. The molecule has 1 N–H and O–H groups in total. The van der Waals surface area contributed by atoms with Crippen LogP contribution in [-0.4, -0.2) is 73.1 Å². The molecule has 3 heterocycles. The van der Waals surface area contributed by atoms with E-state index in [1.807, 2.05) is 30.3 Å². The van der Waals surface area contributed by atoms with Crippen LogP contribution in [0.3, 0.4) is 0 Å². The highest BCUT2D eigenvalue weighted by Gasteiger charge is 2.36. The molecule has 2 unspecified atom stereocenters. The van der Waals surface area contributed by atoms with Crippen molar-refractivity contribution in [1.82, 2.24) is 24.5 Å². The van der Waals surface area contributed by atoms with E-state index in [-0.39, 0.29) is 54.7 Å². The molecule has 13 nitrogen and oxygen atoms in total. The zero-order valence-corrected chi connectivity index (χ0v) is 30.4. The molecule has 7 rings (SSSR count). The summed E-state index contributed by atoms with van der Waals surface area (Å²) in [4.78, 5) is 38.0. The fraction of sp³-hybridized carbons (Fsp3) is 0.179. The molecular formula is C39H35N5O8S2. The number of carbonyl (C=O) groups excluding carboxylic acids is 2. The Balaban J connectivity index is 1.08. The molecule has 2 amide bonds. The summed E-state index contributed by atoms with van der Waals surface area (Å²) in [6.45, 7) is 0.827. The molecular weight excluding hydrogens is 731 g/mol. The van der Waals surface area contributed by atoms with Crippen molar-refractivity contribution in [2.75, 3.05) is 26.2 Å². The molecule has 15 heteroatoms. The number of hydrogen-bond acceptors (Lipinski definition) is 10. The van der Waals surface area contributed by atoms with Crippen LogP contribution in [0.5, 0.6) is 5.75 Å². The van der Waals surface area contributed by atoms with Gasteiger partial charge in [0.1, 0.15) is 12.6 Å². The van der Waals surface area contributed by atoms with Gasteiger partial charge >= 0.3 is 6.09 Å². The molecule has 0 spiro atoms. The first kappa shape index (κ1) is 36.8. The molecule has 1 fully saturated rings. The molecule has 2 aromatic heterocycles. The lowest BCUT2D eigenvalue weighted by Gasteiger charge is -2.36. The van der Waals surface area contributed by atoms with Gasteiger partial charge in [0, 0.05) is 78.9 Å². The number of amides is 2. The van der Waals surface area contributed by atoms with Crippen LogP contribution in [0.1, 0.15) is 11.1 Å². The van der Waals surface area contributed by atoms with Crippen LogP contribution in [0.15, 0.2) is 138 Å². The normalized spacial score (nSPS) is 16.0. The largest absolute Gasteiger partial charge is 0.593 e. The fourth-order valence-electron chi connectivity index (χ4n) is 6.30. The Morgan fingerprint density at radius 3 is 1.94 bits per heavy atom. The van der Waals surface area contributed by atoms with Crippen molar-refractivity contribution in [3.8, 4) is 5.75 Å². The smallest absolute Gasteiger partial charge is 0.410 e. The zero-order chi connectivity index (χ0) is 37.7. The highest BCUT2D eigenvalue weighted by molar-refractivity contribution is 7.96. The number of rotatable bonds is 11. The minimum atomic E-state index is -4.25. The van der Waals surface area contributed by atoms with Gasteiger partial charge in [-0.05, 0) is 47.5 Å². The van der Waals surface area contributed by atoms with Gasteiger partial charge in [-0.1, -0.05) is 75.1 Å². The summed E-state index contributed by atoms with van der Waals surface area (Å²) in [6.07, 6.45) is 5.55. The maximum absolute atomic E-state index is 14.1. The van der Waals surface area contributed by atoms with Crippen LogP contribution in [0.25, 0.3) is 21.5 Å². The van der Waals surface area contributed by atoms with Crippen molar-refractivity contribution in [2.24, 2.45) is 0 Å². The Hall–Kier alpha value is -5.58. The molecule has 3 atom stereocenters. The van der Waals surface area contributed by atoms with E-state index in [0.717, 1.165) is 5.56 Å². The molecule has 276 valence electrons. The number of ether oxygens (including phenoxy) is 1. The first-order valence-electron chi connectivity index (χ1n) is 17.0. The van der Waals surface area contributed by atoms with Gasteiger partial charge in [0.15, 0.2) is 21.0 Å². The topological polar surface area (TPSA) is 177 Å². The molecule has 54 heavy (non-hydrogen) atoms. The van der Waals surface area contributed by atoms with E-state index < -0.39 is 38.9 Å². The lowest BCUT2D eigenvalue weighted by molar-refractivity contribution is -0.134. The Bertz CT molecular complexity index is 2380. The average Bonchev–Trinajstić information content (AvgIpc) is 3.20. The van der Waals surface area contributed by atoms with Crippen molar-refractivity contribution in [2.45, 2.75) is 28.9 Å². The van der Waals surface area contributed by atoms with Crippen LogP contribution in [0.4, 0.5) is 4.79 Å². The highest BCUT2D eigenvalue weighted by atomic mass is 32.3. The molecule has 1 saturated heterocycles. The van der Waals surface area contributed by atoms with Crippen molar-refractivity contribution >= 4 is 54.4 Å². The summed E-state index contributed by atoms with van der Waals surface area (Å²) in [5.74, 6) is -0.445. The summed E-state index contributed by atoms with van der Waals surface area (Å²) < 4.78 is 68.0. The van der Waals surface area contributed by atoms with Gasteiger partial charge < -0.3 is 23.6 Å². The number of carbonyl (C=O) groups is 2. The highest BCUT2D eigenvalue weighted by Crippen LogP contribution is 2.30. The van der Waals surface area contributed by atoms with Crippen LogP contribution >= 0.6 is 0 Å². The molecule has 0 radical (unpaired) electrons. The van der Waals surface area contributed by atoms with Gasteiger partial charge in [-0.15, -0.1) is 4.72 Å². The minimum absolute atomic E-state index is 0.00986. The second-order valence-electron chi connectivity index (χ2n) is 12.6. The van der Waals surface area contributed by atoms with Crippen LogP contribution in [0.2, 0.25) is 0 Å². The molecule has 0 saturated carbocycles. The zero-order valence-electron chi connectivity index (χ0n) is 28.8. The van der Waals surface area contributed by atoms with Gasteiger partial charge in [0.05, 0.1) is 0 Å². The van der Waals surface area contributed by atoms with Crippen LogP contribution in [0, 0.1) is 0 Å². The number of sulfonamides is 1. The second kappa shape index (κ2) is 15.8. The second-order valence-corrected chi connectivity index (χ2v) is 15.8. The Kier molecular flexibility index (Phi) is 10.8. The Labute approximate surface area is 313 Å². The number of fused-ring (bicyclic) bond motifs is 2. The van der Waals surface area contributed by atoms with Crippen LogP contribution in [-0.2, 0) is 51.9 Å². The number of piperazine rings is 1. The molecule has 0 aliphatic carbocycles. The summed E-state index contributed by atoms with van der Waals surface area (Å²) in [6, 6.07) is 26.9. The first-order chi connectivity index (χ1) is 26.1. The average molecular weight is 766 g/mol. The van der Waals surface area contributed by atoms with E-state index in [1.165, 1.54) is 46.5 Å². The van der Waals surface area contributed by atoms with E-state index >= 15 is 0 Å². The Morgan fingerprint density at radius 2 is 1.30 bits per heavy atom. The van der Waals surface area contributed by atoms with E-state index in [9.17, 15) is 27.1 Å². The predicted octanol–water partition coefficient (Wildman–Crippen LogP) is 5.35. The van der Waals surface area contributed by atoms with Crippen molar-refractivity contribution in [3.63, 3.8) is 0 Å². The van der Waals surface area contributed by atoms with E-state index in [2.05, 4.69) is 14.7 Å². The van der Waals surface area contributed by atoms with E-state index in [1.54, 1.807) is 60.9 Å². The predicted molar refractivity (Wildman–Crippen MR) is 200 cm³/mol. The van der Waals surface area contributed by atoms with E-state index in [4.69, 9.17) is 8.92 Å². The van der Waals surface area contributed by atoms with Gasteiger partial charge in [-0.3, -0.25) is 18.9 Å². The number of nitrogens with zero attached hydrogens (tertiary/aromatic N) is 4. The summed E-state index contributed by atoms with van der Waals surface area (Å²) in [5.41, 5.74) is 1.39. The molecule has 4 aromatic carbocycles. The summed E-state index contributed by atoms with van der Waals surface area (Å²) in [7, 11) is -8.47. The number of nitrogens with one attached hydrogen (secondary N) is 1. The van der Waals surface area contributed by atoms with Crippen molar-refractivity contribution in [1.29, 1.82) is 0 Å². The number of pyridine rings is 2. The lowest BCUT2D eigenvalue weighted by atomic mass is 10.0. The number of hydrogen-bond donors (Lipinski definition) is 1. The molecule has 1 aliphatic heterocycles. The maximum atomic E-state index is 14.1. The van der Waals surface area contributed by atoms with Gasteiger partial charge in [-0.2, -0.15) is 0 Å². The molecule has 0 bridgehead atoms. The van der Waals surface area contributed by atoms with Crippen LogP contribution < -0.4 is 8.91 Å². The third-order valence-electron chi connectivity index (χ3n) is 9.06. The third kappa shape index (κ3) is 8.30. The van der Waals surface area contributed by atoms with Crippen molar-refractivity contribution in [3.05, 3.63) is 139 Å². The van der Waals surface area contributed by atoms with Gasteiger partial charge in [0.2, 0.25) is 10.8 Å². The monoisotopic (exact) mass is 765 g/mol. The van der Waals surface area contributed by atoms with Crippen molar-refractivity contribution < 1.29 is 36.0 Å². The minimum Gasteiger partial charge on any atom is -0.593 e. The number of aromatic nitrogens is 2. The van der Waals surface area contributed by atoms with E-state index in [0.29, 0.717) is 27.1 Å². The SMILES string of the molecule is O=C(OCc1ccccc1)N1CCN(C(=O)[C@H](Cc2ccc(O[S+](=O)([O-])c3cccc4cnccc34)cc2)N[S+](=O)([O-])c2cccc3cnccc23)CC1. The standard InChI is InChI=1S/C39H35N5O8S2/c45-38(43-20-22-44(23-21-43)39(46)51-27-29-6-2-1-3-7-29)35(42-53(47,48)36-10-4-8-30-25-40-18-16-33(30)36)24-28-12-14-32(15-13-28)52-54(49,50)37-11-5-9-31-26-41-19-17-34(31)37/h1-19,25-26,35H,20-24,27H2,(H-2,42,47,48,49,50)/t35-/m0/s1. The first-order valence-corrected chi connectivity index (χ1v) is 19.9. The molecule has 6 aromatic rings. The summed E-state index contributed by atoms with van der Waals surface area (Å²) in [5, 5.41) is 2.16. The third-order valence-corrected chi connectivity index (χ3v) is 11.9. The van der Waals surface area contributed by atoms with Gasteiger partial charge in [-0.25, -0.2) is 4.79 Å². The van der Waals surface area contributed by atoms with Gasteiger partial charge in [0.25, 0.3) is 10.5 Å².